The minimum Gasteiger partial charge on any atom is -0.497 e. The van der Waals surface area contributed by atoms with Crippen LogP contribution >= 0.6 is 0 Å². The van der Waals surface area contributed by atoms with Crippen molar-refractivity contribution in [2.24, 2.45) is 11.3 Å². The van der Waals surface area contributed by atoms with Crippen molar-refractivity contribution in [3.8, 4) is 5.75 Å². The van der Waals surface area contributed by atoms with Crippen molar-refractivity contribution in [1.29, 1.82) is 0 Å². The number of hydrazine groups is 1. The number of carbonyl (C=O) groups excluding carboxylic acids is 3. The third-order valence-electron chi connectivity index (χ3n) is 10.9. The molecule has 5 N–H and O–H groups in total. The van der Waals surface area contributed by atoms with E-state index in [0.29, 0.717) is 31.8 Å². The average molecular weight is 810 g/mol. The Bertz CT molecular complexity index is 2060. The SMILES string of the molecule is CC[C@H](C)[C@@H](C(=O)N[C@@H](Cc1ccccc1)[C@@H](O)CN(Cc1ccc(OC)cc1)NC(=O)[C@@H](NC(=O)O)C(C)(C)C)N1CCN(Cc2cc(C)nc3ccccc23)C1=O. The van der Waals surface area contributed by atoms with Crippen LogP contribution in [0.15, 0.2) is 84.9 Å². The first-order valence-electron chi connectivity index (χ1n) is 20.2. The molecule has 2 heterocycles. The highest BCUT2D eigenvalue weighted by Crippen LogP contribution is 2.26. The fraction of sp³-hybridized carbons (Fsp3) is 0.444. The fourth-order valence-corrected chi connectivity index (χ4v) is 7.56. The number of aliphatic hydroxyl groups excluding tert-OH is 1. The van der Waals surface area contributed by atoms with Crippen molar-refractivity contribution in [1.82, 2.24) is 35.9 Å². The van der Waals surface area contributed by atoms with Gasteiger partial charge in [0.2, 0.25) is 5.91 Å². The number of urea groups is 1. The molecule has 1 fully saturated rings. The second-order valence-electron chi connectivity index (χ2n) is 16.5. The van der Waals surface area contributed by atoms with E-state index in [1.54, 1.807) is 49.8 Å². The van der Waals surface area contributed by atoms with Gasteiger partial charge in [0.05, 0.1) is 24.8 Å². The molecule has 5 amide bonds. The minimum absolute atomic E-state index is 0.136. The molecule has 0 saturated carbocycles. The van der Waals surface area contributed by atoms with Crippen LogP contribution in [0.4, 0.5) is 9.59 Å². The normalized spacial score (nSPS) is 15.7. The summed E-state index contributed by atoms with van der Waals surface area (Å²) in [5.41, 5.74) is 6.42. The number of methoxy groups -OCH3 is 1. The van der Waals surface area contributed by atoms with Gasteiger partial charge in [-0.25, -0.2) is 14.6 Å². The summed E-state index contributed by atoms with van der Waals surface area (Å²) in [6.07, 6.45) is -1.69. The lowest BCUT2D eigenvalue weighted by atomic mass is 9.86. The van der Waals surface area contributed by atoms with Gasteiger partial charge in [0.25, 0.3) is 5.91 Å². The number of aryl methyl sites for hydroxylation is 1. The van der Waals surface area contributed by atoms with Crippen LogP contribution in [-0.2, 0) is 29.1 Å². The number of carbonyl (C=O) groups is 4. The lowest BCUT2D eigenvalue weighted by Crippen LogP contribution is -2.60. The van der Waals surface area contributed by atoms with Crippen LogP contribution in [0.25, 0.3) is 10.9 Å². The maximum atomic E-state index is 14.6. The van der Waals surface area contributed by atoms with Crippen molar-refractivity contribution < 1.29 is 34.1 Å². The van der Waals surface area contributed by atoms with E-state index in [0.717, 1.165) is 33.3 Å². The van der Waals surface area contributed by atoms with E-state index < -0.39 is 41.6 Å². The van der Waals surface area contributed by atoms with E-state index in [9.17, 15) is 29.4 Å². The monoisotopic (exact) mass is 809 g/mol. The number of hydrogen-bond acceptors (Lipinski definition) is 8. The summed E-state index contributed by atoms with van der Waals surface area (Å²) in [4.78, 5) is 62.3. The molecule has 5 atom stereocenters. The highest BCUT2D eigenvalue weighted by Gasteiger charge is 2.41. The number of rotatable bonds is 18. The molecule has 1 aliphatic heterocycles. The van der Waals surface area contributed by atoms with Crippen molar-refractivity contribution in [3.63, 3.8) is 0 Å². The van der Waals surface area contributed by atoms with Crippen molar-refractivity contribution in [2.75, 3.05) is 26.7 Å². The van der Waals surface area contributed by atoms with Gasteiger partial charge in [-0.1, -0.05) is 102 Å². The van der Waals surface area contributed by atoms with Crippen LogP contribution in [0.1, 0.15) is 63.4 Å². The highest BCUT2D eigenvalue weighted by atomic mass is 16.5. The molecule has 1 saturated heterocycles. The van der Waals surface area contributed by atoms with E-state index in [1.165, 1.54) is 5.01 Å². The van der Waals surface area contributed by atoms with Gasteiger partial charge in [0.15, 0.2) is 0 Å². The summed E-state index contributed by atoms with van der Waals surface area (Å²) in [7, 11) is 1.56. The van der Waals surface area contributed by atoms with Gasteiger partial charge in [-0.05, 0) is 65.6 Å². The minimum atomic E-state index is -1.34. The zero-order chi connectivity index (χ0) is 42.9. The van der Waals surface area contributed by atoms with Crippen LogP contribution < -0.4 is 20.8 Å². The van der Waals surface area contributed by atoms with Gasteiger partial charge < -0.3 is 35.4 Å². The topological polar surface area (TPSA) is 177 Å². The van der Waals surface area contributed by atoms with Crippen molar-refractivity contribution >= 4 is 34.8 Å². The van der Waals surface area contributed by atoms with Crippen molar-refractivity contribution in [3.05, 3.63) is 107 Å². The second-order valence-corrected chi connectivity index (χ2v) is 16.5. The predicted molar refractivity (Wildman–Crippen MR) is 226 cm³/mol. The molecule has 0 unspecified atom stereocenters. The van der Waals surface area contributed by atoms with Crippen LogP contribution in [0.5, 0.6) is 5.75 Å². The summed E-state index contributed by atoms with van der Waals surface area (Å²) in [5.74, 6) is -0.554. The quantitative estimate of drug-likeness (QED) is 0.0812. The first-order valence-corrected chi connectivity index (χ1v) is 20.2. The molecular weight excluding hydrogens is 751 g/mol. The molecule has 0 aliphatic carbocycles. The molecule has 14 nitrogen and oxygen atoms in total. The molecule has 14 heteroatoms. The zero-order valence-corrected chi connectivity index (χ0v) is 35.1. The molecule has 0 bridgehead atoms. The van der Waals surface area contributed by atoms with E-state index in [-0.39, 0.29) is 37.4 Å². The van der Waals surface area contributed by atoms with Gasteiger partial charge in [0, 0.05) is 43.8 Å². The Balaban J connectivity index is 1.40. The van der Waals surface area contributed by atoms with E-state index >= 15 is 0 Å². The van der Waals surface area contributed by atoms with Crippen molar-refractivity contribution in [2.45, 2.75) is 91.7 Å². The van der Waals surface area contributed by atoms with Crippen LogP contribution in [0, 0.1) is 18.3 Å². The average Bonchev–Trinajstić information content (AvgIpc) is 3.54. The van der Waals surface area contributed by atoms with Gasteiger partial charge in [0.1, 0.15) is 17.8 Å². The number of nitrogens with zero attached hydrogens (tertiary/aromatic N) is 4. The number of hydrogen-bond donors (Lipinski definition) is 5. The van der Waals surface area contributed by atoms with E-state index in [2.05, 4.69) is 21.0 Å². The molecule has 5 rings (SSSR count). The first-order chi connectivity index (χ1) is 28.1. The molecule has 3 aromatic carbocycles. The lowest BCUT2D eigenvalue weighted by molar-refractivity contribution is -0.132. The molecule has 0 radical (unpaired) electrons. The number of amides is 5. The second kappa shape index (κ2) is 19.8. The number of pyridine rings is 1. The highest BCUT2D eigenvalue weighted by molar-refractivity contribution is 5.89. The molecule has 1 aromatic heterocycles. The van der Waals surface area contributed by atoms with Gasteiger partial charge >= 0.3 is 12.1 Å². The molecule has 0 spiro atoms. The number of aromatic nitrogens is 1. The molecule has 1 aliphatic rings. The summed E-state index contributed by atoms with van der Waals surface area (Å²) in [5, 5.41) is 29.6. The Morgan fingerprint density at radius 1 is 0.932 bits per heavy atom. The van der Waals surface area contributed by atoms with Crippen LogP contribution in [0.2, 0.25) is 0 Å². The Morgan fingerprint density at radius 3 is 2.25 bits per heavy atom. The number of ether oxygens (including phenoxy) is 1. The number of para-hydroxylation sites is 1. The largest absolute Gasteiger partial charge is 0.497 e. The number of fused-ring (bicyclic) bond motifs is 1. The van der Waals surface area contributed by atoms with Gasteiger partial charge in [-0.15, -0.1) is 0 Å². The summed E-state index contributed by atoms with van der Waals surface area (Å²) < 4.78 is 5.32. The van der Waals surface area contributed by atoms with Gasteiger partial charge in [-0.3, -0.25) is 20.0 Å². The Hall–Kier alpha value is -5.73. The standard InChI is InChI=1S/C45H59N7O7/c1-8-29(2)39(52-23-22-50(44(52)58)27-33-24-30(3)46-36-17-13-12-16-35(33)36)41(54)47-37(25-31-14-10-9-11-15-31)38(53)28-51(26-32-18-20-34(59-7)21-19-32)49-42(55)40(45(4,5)6)48-43(56)57/h9-21,24,29,37-40,48,53H,8,22-23,25-28H2,1-7H3,(H,47,54)(H,49,55)(H,56,57)/t29-,37-,38-,39-,40+/m0/s1. The Kier molecular flexibility index (Phi) is 14.9. The first kappa shape index (κ1) is 44.4. The fourth-order valence-electron chi connectivity index (χ4n) is 7.56. The molecule has 59 heavy (non-hydrogen) atoms. The number of aliphatic hydroxyl groups is 1. The maximum Gasteiger partial charge on any atom is 0.405 e. The number of nitrogens with one attached hydrogen (secondary N) is 3. The Labute approximate surface area is 346 Å². The summed E-state index contributed by atoms with van der Waals surface area (Å²) in [6, 6.07) is 23.5. The predicted octanol–water partition coefficient (Wildman–Crippen LogP) is 5.51. The van der Waals surface area contributed by atoms with Crippen LogP contribution in [0.3, 0.4) is 0 Å². The summed E-state index contributed by atoms with van der Waals surface area (Å²) >= 11 is 0. The van der Waals surface area contributed by atoms with Gasteiger partial charge in [-0.2, -0.15) is 0 Å². The zero-order valence-electron chi connectivity index (χ0n) is 35.1. The maximum absolute atomic E-state index is 14.6. The molecule has 316 valence electrons. The number of carboxylic acid groups (broad SMARTS) is 1. The summed E-state index contributed by atoms with van der Waals surface area (Å²) in [6.45, 7) is 12.3. The lowest BCUT2D eigenvalue weighted by Gasteiger charge is -2.36. The van der Waals surface area contributed by atoms with E-state index in [4.69, 9.17) is 4.74 Å². The third-order valence-corrected chi connectivity index (χ3v) is 10.9. The third kappa shape index (κ3) is 11.7. The smallest absolute Gasteiger partial charge is 0.405 e. The molecule has 4 aromatic rings. The Morgan fingerprint density at radius 2 is 1.61 bits per heavy atom. The number of benzene rings is 3. The van der Waals surface area contributed by atoms with Crippen LogP contribution in [-0.4, -0.2) is 105 Å². The van der Waals surface area contributed by atoms with E-state index in [1.807, 2.05) is 93.6 Å². The molecular formula is C45H59N7O7.